The Hall–Kier alpha value is -1.06. The summed E-state index contributed by atoms with van der Waals surface area (Å²) in [4.78, 5) is 14.2. The molecule has 0 unspecified atom stereocenters. The van der Waals surface area contributed by atoms with Crippen LogP contribution in [-0.4, -0.2) is 10.2 Å². The van der Waals surface area contributed by atoms with Crippen molar-refractivity contribution in [2.24, 2.45) is 0 Å². The van der Waals surface area contributed by atoms with Gasteiger partial charge in [-0.1, -0.05) is 0 Å². The van der Waals surface area contributed by atoms with E-state index >= 15 is 0 Å². The van der Waals surface area contributed by atoms with Crippen LogP contribution in [0.5, 0.6) is 0 Å². The highest BCUT2D eigenvalue weighted by molar-refractivity contribution is 9.10. The Kier molecular flexibility index (Phi) is 3.72. The van der Waals surface area contributed by atoms with Crippen LogP contribution in [0, 0.1) is 11.3 Å². The zero-order chi connectivity index (χ0) is 11.6. The largest absolute Gasteiger partial charge is 0.281 e. The second-order valence-corrected chi connectivity index (χ2v) is 3.54. The highest BCUT2D eigenvalue weighted by atomic mass is 79.9. The van der Waals surface area contributed by atoms with Crippen molar-refractivity contribution in [1.29, 1.82) is 5.26 Å². The molecule has 0 saturated heterocycles. The summed E-state index contributed by atoms with van der Waals surface area (Å²) >= 11 is 7.98. The molecule has 3 nitrogen and oxygen atoms in total. The van der Waals surface area contributed by atoms with Crippen LogP contribution in [0.1, 0.15) is 28.0 Å². The lowest BCUT2D eigenvalue weighted by Gasteiger charge is -2.04. The van der Waals surface area contributed by atoms with Gasteiger partial charge in [-0.25, -0.2) is 13.8 Å². The van der Waals surface area contributed by atoms with E-state index in [-0.39, 0.29) is 15.7 Å². The fourth-order valence-corrected chi connectivity index (χ4v) is 1.64. The summed E-state index contributed by atoms with van der Waals surface area (Å²) < 4.78 is 24.6. The number of nitriles is 1. The molecule has 7 heteroatoms. The zero-order valence-electron chi connectivity index (χ0n) is 6.97. The number of hydrogen-bond acceptors (Lipinski definition) is 3. The van der Waals surface area contributed by atoms with E-state index in [1.54, 1.807) is 0 Å². The first kappa shape index (κ1) is 12.0. The molecular weight excluding hydrogens is 293 g/mol. The quantitative estimate of drug-likeness (QED) is 0.622. The second-order valence-electron chi connectivity index (χ2n) is 2.45. The van der Waals surface area contributed by atoms with Crippen molar-refractivity contribution >= 4 is 32.8 Å². The van der Waals surface area contributed by atoms with E-state index in [1.165, 1.54) is 6.07 Å². The normalized spacial score (nSPS) is 10.1. The molecule has 0 spiro atoms. The highest BCUT2D eigenvalue weighted by Gasteiger charge is 2.19. The summed E-state index contributed by atoms with van der Waals surface area (Å²) in [5.74, 6) is 0. The van der Waals surface area contributed by atoms with Crippen LogP contribution in [0.2, 0.25) is 0 Å². The van der Waals surface area contributed by atoms with E-state index in [4.69, 9.17) is 16.9 Å². The predicted octanol–water partition coefficient (Wildman–Crippen LogP) is 3.03. The smallest absolute Gasteiger partial charge is 0.276 e. The zero-order valence-corrected chi connectivity index (χ0v) is 9.31. The molecular formula is C8H2BrClF2N2O. The number of aromatic nitrogens is 1. The standard InChI is InChI=1S/C8H2BrClF2N2O/c9-6-4(7(10)15)1-3(2-13)5(14-6)8(11)12/h1,8H. The Morgan fingerprint density at radius 2 is 2.27 bits per heavy atom. The van der Waals surface area contributed by atoms with Gasteiger partial charge in [0, 0.05) is 0 Å². The van der Waals surface area contributed by atoms with Gasteiger partial charge in [-0.15, -0.1) is 0 Å². The van der Waals surface area contributed by atoms with Gasteiger partial charge in [-0.3, -0.25) is 4.79 Å². The molecule has 0 aliphatic carbocycles. The minimum Gasteiger partial charge on any atom is -0.276 e. The maximum atomic E-state index is 12.4. The maximum absolute atomic E-state index is 12.4. The second kappa shape index (κ2) is 4.64. The summed E-state index contributed by atoms with van der Waals surface area (Å²) in [6.45, 7) is 0. The first-order valence-corrected chi connectivity index (χ1v) is 4.73. The predicted molar refractivity (Wildman–Crippen MR) is 51.8 cm³/mol. The number of rotatable bonds is 2. The molecule has 0 N–H and O–H groups in total. The Bertz CT molecular complexity index is 459. The van der Waals surface area contributed by atoms with Crippen LogP contribution >= 0.6 is 27.5 Å². The molecule has 0 aliphatic rings. The van der Waals surface area contributed by atoms with Gasteiger partial charge in [0.25, 0.3) is 11.7 Å². The van der Waals surface area contributed by atoms with Gasteiger partial charge < -0.3 is 0 Å². The van der Waals surface area contributed by atoms with Crippen molar-refractivity contribution in [1.82, 2.24) is 4.98 Å². The number of carbonyl (C=O) groups is 1. The molecule has 0 atom stereocenters. The molecule has 1 rings (SSSR count). The number of carbonyl (C=O) groups excluding carboxylic acids is 1. The topological polar surface area (TPSA) is 53.8 Å². The van der Waals surface area contributed by atoms with Gasteiger partial charge in [-0.05, 0) is 33.6 Å². The summed E-state index contributed by atoms with van der Waals surface area (Å²) in [6.07, 6.45) is -2.88. The lowest BCUT2D eigenvalue weighted by atomic mass is 10.1. The van der Waals surface area contributed by atoms with E-state index in [0.717, 1.165) is 6.07 Å². The summed E-state index contributed by atoms with van der Waals surface area (Å²) in [5.41, 5.74) is -1.15. The number of halogens is 4. The molecule has 0 saturated carbocycles. The van der Waals surface area contributed by atoms with E-state index in [0.29, 0.717) is 0 Å². The van der Waals surface area contributed by atoms with E-state index in [1.807, 2.05) is 0 Å². The van der Waals surface area contributed by atoms with Crippen LogP contribution in [0.3, 0.4) is 0 Å². The minimum absolute atomic E-state index is 0.100. The average molecular weight is 295 g/mol. The van der Waals surface area contributed by atoms with Gasteiger partial charge in [0.15, 0.2) is 0 Å². The molecule has 0 aliphatic heterocycles. The van der Waals surface area contributed by atoms with Crippen molar-refractivity contribution in [2.75, 3.05) is 0 Å². The Morgan fingerprint density at radius 1 is 1.67 bits per heavy atom. The molecule has 1 aromatic heterocycles. The van der Waals surface area contributed by atoms with Crippen molar-refractivity contribution in [3.8, 4) is 6.07 Å². The van der Waals surface area contributed by atoms with Crippen LogP contribution in [0.15, 0.2) is 10.7 Å². The third-order valence-electron chi connectivity index (χ3n) is 1.54. The number of alkyl halides is 2. The van der Waals surface area contributed by atoms with Crippen molar-refractivity contribution in [3.05, 3.63) is 27.5 Å². The number of pyridine rings is 1. The first-order valence-electron chi connectivity index (χ1n) is 3.56. The van der Waals surface area contributed by atoms with Gasteiger partial charge in [0.2, 0.25) is 0 Å². The SMILES string of the molecule is N#Cc1cc(C(=O)Cl)c(Br)nc1C(F)F. The molecule has 1 heterocycles. The van der Waals surface area contributed by atoms with E-state index in [2.05, 4.69) is 20.9 Å². The molecule has 0 aromatic carbocycles. The fraction of sp³-hybridized carbons (Fsp3) is 0.125. The average Bonchev–Trinajstić information content (AvgIpc) is 2.16. The fourth-order valence-electron chi connectivity index (χ4n) is 0.898. The van der Waals surface area contributed by atoms with Crippen LogP contribution in [0.4, 0.5) is 8.78 Å². The Labute approximate surface area is 96.8 Å². The third-order valence-corrected chi connectivity index (χ3v) is 2.35. The number of nitrogens with zero attached hydrogens (tertiary/aromatic N) is 2. The lowest BCUT2D eigenvalue weighted by molar-refractivity contribution is 0.107. The molecule has 0 amide bonds. The summed E-state index contributed by atoms with van der Waals surface area (Å²) in [6, 6.07) is 2.51. The summed E-state index contributed by atoms with van der Waals surface area (Å²) in [7, 11) is 0. The highest BCUT2D eigenvalue weighted by Crippen LogP contribution is 2.26. The summed E-state index contributed by atoms with van der Waals surface area (Å²) in [5, 5.41) is 7.70. The van der Waals surface area contributed by atoms with E-state index < -0.39 is 17.4 Å². The number of hydrogen-bond donors (Lipinski definition) is 0. The van der Waals surface area contributed by atoms with Gasteiger partial charge in [0.1, 0.15) is 16.4 Å². The van der Waals surface area contributed by atoms with Crippen molar-refractivity contribution in [3.63, 3.8) is 0 Å². The first-order chi connectivity index (χ1) is 6.97. The van der Waals surface area contributed by atoms with Crippen LogP contribution in [0.25, 0.3) is 0 Å². The van der Waals surface area contributed by atoms with Crippen LogP contribution in [-0.2, 0) is 0 Å². The van der Waals surface area contributed by atoms with Gasteiger partial charge in [-0.2, -0.15) is 5.26 Å². The minimum atomic E-state index is -2.88. The Balaban J connectivity index is 3.44. The molecule has 15 heavy (non-hydrogen) atoms. The Morgan fingerprint density at radius 3 is 2.67 bits per heavy atom. The maximum Gasteiger partial charge on any atom is 0.281 e. The van der Waals surface area contributed by atoms with Gasteiger partial charge in [0.05, 0.1) is 11.1 Å². The van der Waals surface area contributed by atoms with Crippen molar-refractivity contribution in [2.45, 2.75) is 6.43 Å². The molecule has 0 fully saturated rings. The molecule has 1 aromatic rings. The molecule has 78 valence electrons. The lowest BCUT2D eigenvalue weighted by Crippen LogP contribution is -2.02. The van der Waals surface area contributed by atoms with Gasteiger partial charge >= 0.3 is 0 Å². The third kappa shape index (κ3) is 2.49. The van der Waals surface area contributed by atoms with Crippen LogP contribution < -0.4 is 0 Å². The monoisotopic (exact) mass is 294 g/mol. The van der Waals surface area contributed by atoms with E-state index in [9.17, 15) is 13.6 Å². The van der Waals surface area contributed by atoms with Crippen molar-refractivity contribution < 1.29 is 13.6 Å². The molecule has 0 bridgehead atoms. The molecule has 0 radical (unpaired) electrons.